The first-order valence-corrected chi connectivity index (χ1v) is 10.0. The Labute approximate surface area is 185 Å². The summed E-state index contributed by atoms with van der Waals surface area (Å²) in [6.45, 7) is 9.50. The van der Waals surface area contributed by atoms with Crippen molar-refractivity contribution < 1.29 is 22.7 Å². The van der Waals surface area contributed by atoms with Gasteiger partial charge < -0.3 is 10.1 Å². The van der Waals surface area contributed by atoms with E-state index in [9.17, 15) is 18.0 Å². The number of benzene rings is 3. The topological polar surface area (TPSA) is 50.4 Å². The molecule has 0 atom stereocenters. The third-order valence-electron chi connectivity index (χ3n) is 4.68. The van der Waals surface area contributed by atoms with E-state index in [-0.39, 0.29) is 0 Å². The Hall–Kier alpha value is -3.48. The second kappa shape index (κ2) is 8.94. The van der Waals surface area contributed by atoms with Crippen molar-refractivity contribution in [3.05, 3.63) is 84.2 Å². The van der Waals surface area contributed by atoms with Gasteiger partial charge in [0.2, 0.25) is 0 Å². The minimum atomic E-state index is -4.37. The standard InChI is InChI=1S/C25H25F3N2O2/c1-16(30-23(31)32-24(2,3)4)29-15-18-7-5-10-22-20(8-6-9-21(18)22)17-11-13-19(14-12-17)25(26,27)28/h5-14,29H,1,15H2,2-4H3,(H,30,31). The molecule has 4 nitrogen and oxygen atoms in total. The first kappa shape index (κ1) is 23.2. The van der Waals surface area contributed by atoms with Gasteiger partial charge in [-0.3, -0.25) is 5.32 Å². The van der Waals surface area contributed by atoms with Gasteiger partial charge in [0.05, 0.1) is 5.56 Å². The molecule has 0 saturated heterocycles. The number of halogens is 3. The number of alkyl halides is 3. The van der Waals surface area contributed by atoms with E-state index in [1.54, 1.807) is 20.8 Å². The predicted octanol–water partition coefficient (Wildman–Crippen LogP) is 6.61. The Morgan fingerprint density at radius 2 is 1.56 bits per heavy atom. The molecule has 7 heteroatoms. The van der Waals surface area contributed by atoms with E-state index in [1.807, 2.05) is 36.4 Å². The molecule has 0 saturated carbocycles. The van der Waals surface area contributed by atoms with E-state index in [1.165, 1.54) is 12.1 Å². The number of amides is 1. The molecule has 0 aromatic heterocycles. The van der Waals surface area contributed by atoms with E-state index >= 15 is 0 Å². The van der Waals surface area contributed by atoms with Crippen LogP contribution in [0.4, 0.5) is 18.0 Å². The summed E-state index contributed by atoms with van der Waals surface area (Å²) in [4.78, 5) is 11.9. The largest absolute Gasteiger partial charge is 0.444 e. The van der Waals surface area contributed by atoms with Gasteiger partial charge in [0.1, 0.15) is 11.4 Å². The van der Waals surface area contributed by atoms with E-state index in [2.05, 4.69) is 17.2 Å². The summed E-state index contributed by atoms with van der Waals surface area (Å²) in [7, 11) is 0. The van der Waals surface area contributed by atoms with Crippen molar-refractivity contribution >= 4 is 16.9 Å². The molecule has 3 aromatic carbocycles. The van der Waals surface area contributed by atoms with Crippen molar-refractivity contribution in [3.8, 4) is 11.1 Å². The molecule has 2 N–H and O–H groups in total. The third kappa shape index (κ3) is 5.81. The van der Waals surface area contributed by atoms with Gasteiger partial charge >= 0.3 is 12.3 Å². The summed E-state index contributed by atoms with van der Waals surface area (Å²) in [5, 5.41) is 7.47. The highest BCUT2D eigenvalue weighted by Crippen LogP contribution is 2.34. The van der Waals surface area contributed by atoms with Gasteiger partial charge in [0, 0.05) is 6.54 Å². The summed E-state index contributed by atoms with van der Waals surface area (Å²) in [6.07, 6.45) is -4.97. The van der Waals surface area contributed by atoms with Crippen molar-refractivity contribution in [1.29, 1.82) is 0 Å². The Kier molecular flexibility index (Phi) is 6.48. The fourth-order valence-corrected chi connectivity index (χ4v) is 3.29. The highest BCUT2D eigenvalue weighted by Gasteiger charge is 2.30. The number of nitrogens with one attached hydrogen (secondary N) is 2. The van der Waals surface area contributed by atoms with Crippen LogP contribution in [0.25, 0.3) is 21.9 Å². The number of ether oxygens (including phenoxy) is 1. The highest BCUT2D eigenvalue weighted by atomic mass is 19.4. The van der Waals surface area contributed by atoms with Crippen molar-refractivity contribution in [2.45, 2.75) is 39.1 Å². The Bertz CT molecular complexity index is 1130. The molecule has 32 heavy (non-hydrogen) atoms. The van der Waals surface area contributed by atoms with Crippen molar-refractivity contribution in [2.24, 2.45) is 0 Å². The van der Waals surface area contributed by atoms with Gasteiger partial charge in [0.15, 0.2) is 0 Å². The molecule has 0 unspecified atom stereocenters. The average Bonchev–Trinajstić information content (AvgIpc) is 2.69. The van der Waals surface area contributed by atoms with Crippen LogP contribution in [-0.4, -0.2) is 11.7 Å². The van der Waals surface area contributed by atoms with Crippen molar-refractivity contribution in [1.82, 2.24) is 10.6 Å². The molecule has 0 aliphatic heterocycles. The molecule has 0 aliphatic carbocycles. The number of rotatable bonds is 5. The fraction of sp³-hybridized carbons (Fsp3) is 0.240. The van der Waals surface area contributed by atoms with E-state index in [4.69, 9.17) is 4.74 Å². The van der Waals surface area contributed by atoms with Gasteiger partial charge in [0.25, 0.3) is 0 Å². The molecule has 1 amide bonds. The molecule has 0 spiro atoms. The molecule has 0 radical (unpaired) electrons. The number of carbonyl (C=O) groups excluding carboxylic acids is 1. The van der Waals surface area contributed by atoms with Gasteiger partial charge in [-0.25, -0.2) is 4.79 Å². The number of hydrogen-bond donors (Lipinski definition) is 2. The first-order chi connectivity index (χ1) is 14.9. The molecule has 3 aromatic rings. The third-order valence-corrected chi connectivity index (χ3v) is 4.68. The van der Waals surface area contributed by atoms with Crippen LogP contribution in [0.3, 0.4) is 0 Å². The van der Waals surface area contributed by atoms with E-state index < -0.39 is 23.4 Å². The van der Waals surface area contributed by atoms with Crippen molar-refractivity contribution in [3.63, 3.8) is 0 Å². The lowest BCUT2D eigenvalue weighted by Crippen LogP contribution is -2.35. The first-order valence-electron chi connectivity index (χ1n) is 10.0. The minimum Gasteiger partial charge on any atom is -0.444 e. The second-order valence-electron chi connectivity index (χ2n) is 8.35. The maximum Gasteiger partial charge on any atom is 0.416 e. The zero-order valence-electron chi connectivity index (χ0n) is 18.1. The van der Waals surface area contributed by atoms with Crippen LogP contribution in [0.5, 0.6) is 0 Å². The molecule has 0 heterocycles. The Balaban J connectivity index is 1.79. The molecular formula is C25H25F3N2O2. The molecule has 3 rings (SSSR count). The Morgan fingerprint density at radius 1 is 0.938 bits per heavy atom. The smallest absolute Gasteiger partial charge is 0.416 e. The lowest BCUT2D eigenvalue weighted by Gasteiger charge is -2.20. The molecular weight excluding hydrogens is 417 g/mol. The van der Waals surface area contributed by atoms with E-state index in [0.717, 1.165) is 34.0 Å². The minimum absolute atomic E-state index is 0.301. The molecule has 0 bridgehead atoms. The van der Waals surface area contributed by atoms with Gasteiger partial charge in [-0.15, -0.1) is 0 Å². The summed E-state index contributed by atoms with van der Waals surface area (Å²) in [5.74, 6) is 0.301. The van der Waals surface area contributed by atoms with Crippen molar-refractivity contribution in [2.75, 3.05) is 0 Å². The number of alkyl carbamates (subject to hydrolysis) is 1. The molecule has 168 valence electrons. The summed E-state index contributed by atoms with van der Waals surface area (Å²) >= 11 is 0. The summed E-state index contributed by atoms with van der Waals surface area (Å²) in [6, 6.07) is 16.6. The monoisotopic (exact) mass is 442 g/mol. The van der Waals surface area contributed by atoms with Crippen LogP contribution in [0.15, 0.2) is 73.1 Å². The van der Waals surface area contributed by atoms with Crippen LogP contribution in [0.1, 0.15) is 31.9 Å². The quantitative estimate of drug-likeness (QED) is 0.467. The zero-order chi connectivity index (χ0) is 23.5. The summed E-state index contributed by atoms with van der Waals surface area (Å²) < 4.78 is 43.9. The maximum absolute atomic E-state index is 12.9. The predicted molar refractivity (Wildman–Crippen MR) is 120 cm³/mol. The fourth-order valence-electron chi connectivity index (χ4n) is 3.29. The maximum atomic E-state index is 12.9. The number of hydrogen-bond acceptors (Lipinski definition) is 3. The zero-order valence-corrected chi connectivity index (χ0v) is 18.1. The van der Waals surface area contributed by atoms with Gasteiger partial charge in [-0.1, -0.05) is 55.1 Å². The molecule has 0 fully saturated rings. The van der Waals surface area contributed by atoms with Crippen LogP contribution in [0, 0.1) is 0 Å². The van der Waals surface area contributed by atoms with Gasteiger partial charge in [-0.2, -0.15) is 13.2 Å². The van der Waals surface area contributed by atoms with Crippen LogP contribution in [-0.2, 0) is 17.5 Å². The van der Waals surface area contributed by atoms with Crippen LogP contribution >= 0.6 is 0 Å². The normalized spacial score (nSPS) is 11.8. The number of carbonyl (C=O) groups is 1. The lowest BCUT2D eigenvalue weighted by atomic mass is 9.95. The molecule has 0 aliphatic rings. The SMILES string of the molecule is C=C(NCc1cccc2c(-c3ccc(C(F)(F)F)cc3)cccc12)NC(=O)OC(C)(C)C. The van der Waals surface area contributed by atoms with Gasteiger partial charge in [-0.05, 0) is 60.4 Å². The van der Waals surface area contributed by atoms with E-state index in [0.29, 0.717) is 17.9 Å². The Morgan fingerprint density at radius 3 is 2.19 bits per heavy atom. The summed E-state index contributed by atoms with van der Waals surface area (Å²) in [5.41, 5.74) is 1.19. The number of fused-ring (bicyclic) bond motifs is 1. The van der Waals surface area contributed by atoms with Crippen LogP contribution < -0.4 is 10.6 Å². The average molecular weight is 442 g/mol. The lowest BCUT2D eigenvalue weighted by molar-refractivity contribution is -0.137. The van der Waals surface area contributed by atoms with Crippen LogP contribution in [0.2, 0.25) is 0 Å². The highest BCUT2D eigenvalue weighted by molar-refractivity contribution is 5.98. The second-order valence-corrected chi connectivity index (χ2v) is 8.35.